The van der Waals surface area contributed by atoms with Crippen LogP contribution >= 0.6 is 12.2 Å². The number of non-ortho nitro benzene ring substituents is 1. The Hall–Kier alpha value is -3.42. The number of azo groups is 1. The zero-order chi connectivity index (χ0) is 21.3. The Morgan fingerprint density at radius 3 is 2.66 bits per heavy atom. The molecule has 0 unspecified atom stereocenters. The minimum atomic E-state index is -3.99. The van der Waals surface area contributed by atoms with Gasteiger partial charge < -0.3 is 15.0 Å². The average molecular weight is 434 g/mol. The first-order valence-corrected chi connectivity index (χ1v) is 9.85. The van der Waals surface area contributed by atoms with Gasteiger partial charge in [0.05, 0.1) is 16.1 Å². The third kappa shape index (κ3) is 4.06. The SMILES string of the molecule is Cn1c(O)c(N=NC(=S)Nc2ccccc2S(N)(=O)=O)c2cc([N+](=O)[O-])ccc21. The van der Waals surface area contributed by atoms with Crippen molar-refractivity contribution >= 4 is 55.3 Å². The fourth-order valence-corrected chi connectivity index (χ4v) is 3.51. The number of fused-ring (bicyclic) bond motifs is 1. The molecule has 0 atom stereocenters. The molecule has 0 aliphatic rings. The minimum absolute atomic E-state index is 0.0184. The van der Waals surface area contributed by atoms with E-state index in [1.807, 2.05) is 0 Å². The fraction of sp³-hybridized carbons (Fsp3) is 0.0625. The van der Waals surface area contributed by atoms with Gasteiger partial charge in [0.2, 0.25) is 21.0 Å². The zero-order valence-electron chi connectivity index (χ0n) is 14.8. The van der Waals surface area contributed by atoms with Crippen LogP contribution in [0.2, 0.25) is 0 Å². The quantitative estimate of drug-likeness (QED) is 0.246. The van der Waals surface area contributed by atoms with E-state index in [1.54, 1.807) is 13.1 Å². The maximum absolute atomic E-state index is 11.6. The second kappa shape index (κ2) is 7.54. The number of nitrogens with one attached hydrogen (secondary N) is 1. The molecule has 150 valence electrons. The highest BCUT2D eigenvalue weighted by molar-refractivity contribution is 7.89. The average Bonchev–Trinajstić information content (AvgIpc) is 2.89. The topological polar surface area (TPSA) is 165 Å². The number of hydrogen-bond acceptors (Lipinski definition) is 7. The second-order valence-corrected chi connectivity index (χ2v) is 7.78. The summed E-state index contributed by atoms with van der Waals surface area (Å²) < 4.78 is 24.7. The maximum Gasteiger partial charge on any atom is 0.270 e. The lowest BCUT2D eigenvalue weighted by Gasteiger charge is -2.08. The van der Waals surface area contributed by atoms with Crippen LogP contribution in [0.1, 0.15) is 0 Å². The lowest BCUT2D eigenvalue weighted by Crippen LogP contribution is -2.16. The molecule has 2 aromatic carbocycles. The largest absolute Gasteiger partial charge is 0.493 e. The molecule has 0 saturated heterocycles. The number of para-hydroxylation sites is 1. The summed E-state index contributed by atoms with van der Waals surface area (Å²) in [6, 6.07) is 9.86. The Morgan fingerprint density at radius 1 is 1.31 bits per heavy atom. The summed E-state index contributed by atoms with van der Waals surface area (Å²) in [5.74, 6) is -0.267. The van der Waals surface area contributed by atoms with Crippen molar-refractivity contribution in [3.63, 3.8) is 0 Å². The monoisotopic (exact) mass is 434 g/mol. The van der Waals surface area contributed by atoms with Crippen LogP contribution in [0.15, 0.2) is 57.6 Å². The third-order valence-electron chi connectivity index (χ3n) is 4.01. The van der Waals surface area contributed by atoms with Crippen molar-refractivity contribution < 1.29 is 18.4 Å². The van der Waals surface area contributed by atoms with Crippen molar-refractivity contribution in [2.45, 2.75) is 4.90 Å². The Morgan fingerprint density at radius 2 is 2.00 bits per heavy atom. The summed E-state index contributed by atoms with van der Waals surface area (Å²) >= 11 is 5.05. The van der Waals surface area contributed by atoms with Crippen LogP contribution in [0.4, 0.5) is 17.1 Å². The highest BCUT2D eigenvalue weighted by atomic mass is 32.2. The number of nitrogens with zero attached hydrogens (tertiary/aromatic N) is 4. The highest BCUT2D eigenvalue weighted by Gasteiger charge is 2.18. The van der Waals surface area contributed by atoms with E-state index in [0.717, 1.165) is 0 Å². The zero-order valence-corrected chi connectivity index (χ0v) is 16.4. The Labute approximate surface area is 169 Å². The Balaban J connectivity index is 1.96. The van der Waals surface area contributed by atoms with Crippen molar-refractivity contribution in [1.82, 2.24) is 4.57 Å². The molecule has 3 rings (SSSR count). The van der Waals surface area contributed by atoms with E-state index in [4.69, 9.17) is 17.4 Å². The van der Waals surface area contributed by atoms with E-state index in [1.165, 1.54) is 41.0 Å². The van der Waals surface area contributed by atoms with E-state index in [9.17, 15) is 23.6 Å². The molecule has 0 aliphatic heterocycles. The van der Waals surface area contributed by atoms with Crippen molar-refractivity contribution in [3.05, 3.63) is 52.6 Å². The number of nitro benzene ring substituents is 1. The minimum Gasteiger partial charge on any atom is -0.493 e. The van der Waals surface area contributed by atoms with Crippen LogP contribution < -0.4 is 10.5 Å². The molecule has 0 radical (unpaired) electrons. The van der Waals surface area contributed by atoms with Gasteiger partial charge in [0.1, 0.15) is 4.90 Å². The number of nitrogens with two attached hydrogens (primary N) is 1. The van der Waals surface area contributed by atoms with Gasteiger partial charge in [-0.25, -0.2) is 13.6 Å². The number of rotatable bonds is 4. The third-order valence-corrected chi connectivity index (χ3v) is 5.17. The lowest BCUT2D eigenvalue weighted by atomic mass is 10.2. The van der Waals surface area contributed by atoms with Crippen molar-refractivity contribution in [1.29, 1.82) is 0 Å². The van der Waals surface area contributed by atoms with Gasteiger partial charge in [-0.3, -0.25) is 10.1 Å². The number of aromatic hydroxyl groups is 1. The van der Waals surface area contributed by atoms with Crippen molar-refractivity contribution in [2.75, 3.05) is 5.32 Å². The molecule has 29 heavy (non-hydrogen) atoms. The number of primary sulfonamides is 1. The summed E-state index contributed by atoms with van der Waals surface area (Å²) in [7, 11) is -2.44. The smallest absolute Gasteiger partial charge is 0.270 e. The Bertz CT molecular complexity index is 1280. The van der Waals surface area contributed by atoms with E-state index in [0.29, 0.717) is 10.9 Å². The van der Waals surface area contributed by atoms with E-state index in [2.05, 4.69) is 15.5 Å². The standard InChI is InChI=1S/C16H14N6O5S2/c1-21-12-7-6-9(22(24)25)8-10(12)14(15(21)23)19-20-16(28)18-11-4-2-3-5-13(11)29(17,26)27/h2-8,23H,1H3,(H,18,28)(H2,17,26,27). The summed E-state index contributed by atoms with van der Waals surface area (Å²) in [4.78, 5) is 10.3. The van der Waals surface area contributed by atoms with Crippen LogP contribution in [-0.4, -0.2) is 28.1 Å². The first-order valence-electron chi connectivity index (χ1n) is 7.90. The van der Waals surface area contributed by atoms with Crippen LogP contribution in [0.25, 0.3) is 10.9 Å². The van der Waals surface area contributed by atoms with Gasteiger partial charge in [-0.1, -0.05) is 12.1 Å². The normalized spacial score (nSPS) is 11.8. The molecule has 13 heteroatoms. The van der Waals surface area contributed by atoms with E-state index in [-0.39, 0.29) is 33.0 Å². The van der Waals surface area contributed by atoms with Gasteiger partial charge in [0.25, 0.3) is 5.69 Å². The van der Waals surface area contributed by atoms with Crippen LogP contribution in [-0.2, 0) is 17.1 Å². The number of nitro groups is 1. The number of aryl methyl sites for hydroxylation is 1. The highest BCUT2D eigenvalue weighted by Crippen LogP contribution is 2.39. The molecule has 0 aliphatic carbocycles. The number of thiocarbonyl (C=S) groups is 1. The first-order chi connectivity index (χ1) is 13.6. The fourth-order valence-electron chi connectivity index (χ4n) is 2.67. The van der Waals surface area contributed by atoms with Crippen LogP contribution in [0, 0.1) is 10.1 Å². The molecule has 3 aromatic rings. The first kappa shape index (κ1) is 20.3. The molecule has 1 aromatic heterocycles. The summed E-state index contributed by atoms with van der Waals surface area (Å²) in [6.45, 7) is 0. The number of hydrogen-bond donors (Lipinski definition) is 3. The van der Waals surface area contributed by atoms with Gasteiger partial charge in [0.15, 0.2) is 5.69 Å². The molecule has 0 fully saturated rings. The van der Waals surface area contributed by atoms with Crippen molar-refractivity contribution in [3.8, 4) is 5.88 Å². The number of aromatic nitrogens is 1. The predicted molar refractivity (Wildman–Crippen MR) is 110 cm³/mol. The second-order valence-electron chi connectivity index (χ2n) is 5.86. The van der Waals surface area contributed by atoms with E-state index >= 15 is 0 Å². The maximum atomic E-state index is 11.6. The molecule has 0 bridgehead atoms. The molecule has 0 saturated carbocycles. The van der Waals surface area contributed by atoms with Gasteiger partial charge in [0, 0.05) is 24.6 Å². The Kier molecular flexibility index (Phi) is 5.28. The predicted octanol–water partition coefficient (Wildman–Crippen LogP) is 2.92. The summed E-state index contributed by atoms with van der Waals surface area (Å²) in [5.41, 5.74) is 0.412. The van der Waals surface area contributed by atoms with Crippen LogP contribution in [0.3, 0.4) is 0 Å². The molecule has 0 amide bonds. The van der Waals surface area contributed by atoms with Gasteiger partial charge >= 0.3 is 0 Å². The van der Waals surface area contributed by atoms with Crippen molar-refractivity contribution in [2.24, 2.45) is 22.4 Å². The van der Waals surface area contributed by atoms with Gasteiger partial charge in [-0.15, -0.1) is 10.2 Å². The molecular weight excluding hydrogens is 420 g/mol. The molecule has 1 heterocycles. The molecule has 0 spiro atoms. The summed E-state index contributed by atoms with van der Waals surface area (Å²) in [5, 5.41) is 36.8. The number of sulfonamides is 1. The molecular formula is C16H14N6O5S2. The number of anilines is 1. The molecule has 11 nitrogen and oxygen atoms in total. The van der Waals surface area contributed by atoms with Gasteiger partial charge in [-0.05, 0) is 30.4 Å². The van der Waals surface area contributed by atoms with E-state index < -0.39 is 14.9 Å². The van der Waals surface area contributed by atoms with Crippen LogP contribution in [0.5, 0.6) is 5.88 Å². The number of benzene rings is 2. The lowest BCUT2D eigenvalue weighted by molar-refractivity contribution is -0.384. The molecule has 4 N–H and O–H groups in total. The summed E-state index contributed by atoms with van der Waals surface area (Å²) in [6.07, 6.45) is 0. The van der Waals surface area contributed by atoms with Gasteiger partial charge in [-0.2, -0.15) is 0 Å².